The lowest BCUT2D eigenvalue weighted by Gasteiger charge is -2.32. The van der Waals surface area contributed by atoms with Gasteiger partial charge in [-0.15, -0.1) is 11.3 Å². The van der Waals surface area contributed by atoms with Crippen LogP contribution < -0.4 is 10.9 Å². The summed E-state index contributed by atoms with van der Waals surface area (Å²) in [6, 6.07) is 14.1. The standard InChI is InChI=1S/C34H35ClN4O4S/c1-5-21-8-7-9-22(6-2)30(21)39-29(16-20(3)4)25(32(40)38-15-14-36-27(18-38)34(42)43)17-26(33(39)41)31-37-28(19-44-31)23-10-12-24(35)13-11-23/h7-13,16-17,19,27,36H,5-6,14-15,18H2,1-4H3,(H,42,43). The molecule has 2 aromatic carbocycles. The summed E-state index contributed by atoms with van der Waals surface area (Å²) in [7, 11) is 0. The van der Waals surface area contributed by atoms with Crippen LogP contribution in [-0.2, 0) is 17.6 Å². The molecular formula is C34H35ClN4O4S. The van der Waals surface area contributed by atoms with Crippen molar-refractivity contribution >= 4 is 40.9 Å². The number of para-hydroxylation sites is 1. The van der Waals surface area contributed by atoms with E-state index in [1.54, 1.807) is 27.7 Å². The largest absolute Gasteiger partial charge is 0.480 e. The number of carboxylic acid groups (broad SMARTS) is 1. The number of carbonyl (C=O) groups excluding carboxylic acids is 1. The number of benzene rings is 2. The molecule has 10 heteroatoms. The average Bonchev–Trinajstić information content (AvgIpc) is 3.51. The zero-order chi connectivity index (χ0) is 31.5. The molecular weight excluding hydrogens is 596 g/mol. The third kappa shape index (κ3) is 6.26. The van der Waals surface area contributed by atoms with Crippen molar-refractivity contribution in [2.45, 2.75) is 46.6 Å². The van der Waals surface area contributed by atoms with E-state index < -0.39 is 12.0 Å². The topological polar surface area (TPSA) is 105 Å². The van der Waals surface area contributed by atoms with Gasteiger partial charge >= 0.3 is 5.97 Å². The number of aromatic nitrogens is 2. The van der Waals surface area contributed by atoms with E-state index in [9.17, 15) is 19.5 Å². The number of allylic oxidation sites excluding steroid dienone is 1. The Morgan fingerprint density at radius 1 is 1.11 bits per heavy atom. The molecule has 0 saturated carbocycles. The highest BCUT2D eigenvalue weighted by Crippen LogP contribution is 2.32. The summed E-state index contributed by atoms with van der Waals surface area (Å²) in [5, 5.41) is 15.6. The maximum atomic E-state index is 14.7. The Kier molecular flexibility index (Phi) is 9.48. The third-order valence-electron chi connectivity index (χ3n) is 7.72. The first-order chi connectivity index (χ1) is 21.1. The summed E-state index contributed by atoms with van der Waals surface area (Å²) in [5.74, 6) is -1.35. The van der Waals surface area contributed by atoms with Crippen molar-refractivity contribution in [3.05, 3.63) is 97.2 Å². The minimum atomic E-state index is -1.01. The highest BCUT2D eigenvalue weighted by molar-refractivity contribution is 7.13. The van der Waals surface area contributed by atoms with Crippen LogP contribution in [0.3, 0.4) is 0 Å². The molecule has 2 aromatic heterocycles. The lowest BCUT2D eigenvalue weighted by atomic mass is 9.99. The van der Waals surface area contributed by atoms with Crippen LogP contribution in [0, 0.1) is 0 Å². The monoisotopic (exact) mass is 630 g/mol. The minimum Gasteiger partial charge on any atom is -0.480 e. The number of hydrogen-bond acceptors (Lipinski definition) is 6. The second-order valence-electron chi connectivity index (χ2n) is 11.0. The van der Waals surface area contributed by atoms with Crippen LogP contribution in [-0.4, -0.2) is 57.1 Å². The Morgan fingerprint density at radius 2 is 1.80 bits per heavy atom. The summed E-state index contributed by atoms with van der Waals surface area (Å²) < 4.78 is 1.67. The number of halogens is 1. The van der Waals surface area contributed by atoms with Crippen LogP contribution in [0.25, 0.3) is 33.6 Å². The molecule has 0 spiro atoms. The molecule has 44 heavy (non-hydrogen) atoms. The van der Waals surface area contributed by atoms with Crippen LogP contribution in [0.15, 0.2) is 64.3 Å². The number of nitrogens with one attached hydrogen (secondary N) is 1. The van der Waals surface area contributed by atoms with Crippen molar-refractivity contribution in [1.82, 2.24) is 19.8 Å². The van der Waals surface area contributed by atoms with Gasteiger partial charge in [-0.05, 0) is 62.1 Å². The number of carbonyl (C=O) groups is 2. The summed E-state index contributed by atoms with van der Waals surface area (Å²) in [6.07, 6.45) is 3.24. The van der Waals surface area contributed by atoms with Crippen molar-refractivity contribution in [2.75, 3.05) is 19.6 Å². The minimum absolute atomic E-state index is 0.0145. The number of thiazole rings is 1. The van der Waals surface area contributed by atoms with Crippen LogP contribution in [0.1, 0.15) is 54.9 Å². The molecule has 1 atom stereocenters. The SMILES string of the molecule is CCc1cccc(CC)c1-n1c(C=C(C)C)c(C(=O)N2CCNC(C(=O)O)C2)cc(-c2nc(-c3ccc(Cl)cc3)cs2)c1=O. The first-order valence-corrected chi connectivity index (χ1v) is 15.9. The van der Waals surface area contributed by atoms with E-state index >= 15 is 0 Å². The van der Waals surface area contributed by atoms with Crippen molar-refractivity contribution in [2.24, 2.45) is 0 Å². The van der Waals surface area contributed by atoms with Crippen LogP contribution in [0.4, 0.5) is 0 Å². The zero-order valence-electron chi connectivity index (χ0n) is 25.2. The van der Waals surface area contributed by atoms with Crippen molar-refractivity contribution < 1.29 is 14.7 Å². The fourth-order valence-corrected chi connectivity index (χ4v) is 6.48. The Labute approximate surface area is 265 Å². The van der Waals surface area contributed by atoms with Crippen molar-refractivity contribution in [3.8, 4) is 27.5 Å². The second-order valence-corrected chi connectivity index (χ2v) is 12.3. The van der Waals surface area contributed by atoms with Gasteiger partial charge < -0.3 is 15.3 Å². The molecule has 3 heterocycles. The summed E-state index contributed by atoms with van der Waals surface area (Å²) >= 11 is 7.43. The van der Waals surface area contributed by atoms with E-state index in [4.69, 9.17) is 16.6 Å². The quantitative estimate of drug-likeness (QED) is 0.236. The summed E-state index contributed by atoms with van der Waals surface area (Å²) in [6.45, 7) is 8.65. The van der Waals surface area contributed by atoms with Gasteiger partial charge in [-0.25, -0.2) is 4.98 Å². The normalized spacial score (nSPS) is 14.8. The van der Waals surface area contributed by atoms with Crippen molar-refractivity contribution in [3.63, 3.8) is 0 Å². The van der Waals surface area contributed by atoms with Gasteiger partial charge in [-0.1, -0.05) is 61.4 Å². The number of carboxylic acids is 1. The highest BCUT2D eigenvalue weighted by atomic mass is 35.5. The van der Waals surface area contributed by atoms with Gasteiger partial charge in [0.15, 0.2) is 0 Å². The smallest absolute Gasteiger partial charge is 0.322 e. The third-order valence-corrected chi connectivity index (χ3v) is 8.85. The van der Waals surface area contributed by atoms with Crippen LogP contribution >= 0.6 is 22.9 Å². The Morgan fingerprint density at radius 3 is 2.41 bits per heavy atom. The predicted molar refractivity (Wildman–Crippen MR) is 177 cm³/mol. The number of hydrogen-bond donors (Lipinski definition) is 2. The number of aliphatic carboxylic acids is 1. The first-order valence-electron chi connectivity index (χ1n) is 14.7. The summed E-state index contributed by atoms with van der Waals surface area (Å²) in [5.41, 5.74) is 6.04. The number of piperazine rings is 1. The predicted octanol–water partition coefficient (Wildman–Crippen LogP) is 6.33. The zero-order valence-corrected chi connectivity index (χ0v) is 26.8. The molecule has 8 nitrogen and oxygen atoms in total. The molecule has 228 valence electrons. The number of nitrogens with zero attached hydrogens (tertiary/aromatic N) is 3. The Balaban J connectivity index is 1.80. The van der Waals surface area contributed by atoms with Gasteiger partial charge in [0.25, 0.3) is 11.5 Å². The Hall–Kier alpha value is -4.05. The molecule has 4 aromatic rings. The van der Waals surface area contributed by atoms with Gasteiger partial charge in [0.2, 0.25) is 0 Å². The summed E-state index contributed by atoms with van der Waals surface area (Å²) in [4.78, 5) is 47.2. The van der Waals surface area contributed by atoms with Crippen LogP contribution in [0.2, 0.25) is 5.02 Å². The number of pyridine rings is 1. The van der Waals surface area contributed by atoms with Crippen LogP contribution in [0.5, 0.6) is 0 Å². The van der Waals surface area contributed by atoms with Crippen molar-refractivity contribution in [1.29, 1.82) is 0 Å². The highest BCUT2D eigenvalue weighted by Gasteiger charge is 2.31. The van der Waals surface area contributed by atoms with Gasteiger partial charge in [0.1, 0.15) is 11.0 Å². The van der Waals surface area contributed by atoms with Gasteiger partial charge in [0, 0.05) is 35.6 Å². The molecule has 0 bridgehead atoms. The fourth-order valence-electron chi connectivity index (χ4n) is 5.52. The molecule has 1 saturated heterocycles. The maximum Gasteiger partial charge on any atom is 0.322 e. The lowest BCUT2D eigenvalue weighted by Crippen LogP contribution is -2.55. The van der Waals surface area contributed by atoms with Gasteiger partial charge in [0.05, 0.1) is 28.2 Å². The molecule has 1 aliphatic rings. The fraction of sp³-hybridized carbons (Fsp3) is 0.294. The molecule has 0 radical (unpaired) electrons. The molecule has 0 aliphatic carbocycles. The molecule has 5 rings (SSSR count). The van der Waals surface area contributed by atoms with E-state index in [-0.39, 0.29) is 18.0 Å². The number of aryl methyl sites for hydroxylation is 2. The molecule has 2 N–H and O–H groups in total. The van der Waals surface area contributed by atoms with Gasteiger partial charge in [-0.2, -0.15) is 0 Å². The lowest BCUT2D eigenvalue weighted by molar-refractivity contribution is -0.140. The second kappa shape index (κ2) is 13.3. The number of amides is 1. The molecule has 1 fully saturated rings. The number of rotatable bonds is 8. The van der Waals surface area contributed by atoms with E-state index in [2.05, 4.69) is 5.32 Å². The first kappa shape index (κ1) is 31.4. The van der Waals surface area contributed by atoms with E-state index in [0.29, 0.717) is 58.5 Å². The molecule has 1 aliphatic heterocycles. The van der Waals surface area contributed by atoms with Gasteiger partial charge in [-0.3, -0.25) is 19.0 Å². The molecule has 1 unspecified atom stereocenters. The van der Waals surface area contributed by atoms with E-state index in [1.165, 1.54) is 11.3 Å². The average molecular weight is 631 g/mol. The van der Waals surface area contributed by atoms with E-state index in [0.717, 1.165) is 28.0 Å². The maximum absolute atomic E-state index is 14.7. The molecule has 1 amide bonds. The Bertz CT molecular complexity index is 1780. The van der Waals surface area contributed by atoms with E-state index in [1.807, 2.05) is 69.5 Å².